The highest BCUT2D eigenvalue weighted by Crippen LogP contribution is 2.49. The number of allylic oxidation sites excluding steroid dienone is 1. The van der Waals surface area contributed by atoms with Crippen LogP contribution < -0.4 is 23.7 Å². The summed E-state index contributed by atoms with van der Waals surface area (Å²) in [7, 11) is 4.56. The number of aromatic hydroxyl groups is 1. The van der Waals surface area contributed by atoms with E-state index in [2.05, 4.69) is 0 Å². The zero-order valence-electron chi connectivity index (χ0n) is 19.3. The van der Waals surface area contributed by atoms with E-state index in [1.165, 1.54) is 21.3 Å². The number of rotatable bonds is 5. The van der Waals surface area contributed by atoms with Crippen LogP contribution in [0.3, 0.4) is 0 Å². The molecule has 35 heavy (non-hydrogen) atoms. The third-order valence-electron chi connectivity index (χ3n) is 6.10. The van der Waals surface area contributed by atoms with Crippen LogP contribution in [0.25, 0.3) is 6.08 Å². The number of benzene rings is 3. The zero-order valence-corrected chi connectivity index (χ0v) is 19.3. The van der Waals surface area contributed by atoms with Gasteiger partial charge >= 0.3 is 5.97 Å². The van der Waals surface area contributed by atoms with Crippen LogP contribution in [-0.4, -0.2) is 38.2 Å². The van der Waals surface area contributed by atoms with Crippen LogP contribution in [0.4, 0.5) is 0 Å². The quantitative estimate of drug-likeness (QED) is 0.328. The van der Waals surface area contributed by atoms with Crippen molar-refractivity contribution in [3.05, 3.63) is 76.5 Å². The molecule has 2 heterocycles. The molecule has 3 aromatic rings. The second-order valence-electron chi connectivity index (χ2n) is 8.07. The molecule has 0 aliphatic carbocycles. The number of hydrogen-bond acceptors (Lipinski definition) is 8. The van der Waals surface area contributed by atoms with Crippen molar-refractivity contribution in [1.29, 1.82) is 0 Å². The summed E-state index contributed by atoms with van der Waals surface area (Å²) in [5.41, 5.74) is 2.35. The van der Waals surface area contributed by atoms with Crippen molar-refractivity contribution in [2.45, 2.75) is 12.3 Å². The van der Waals surface area contributed by atoms with E-state index in [4.69, 9.17) is 23.7 Å². The number of carbonyl (C=O) groups excluding carboxylic acids is 2. The standard InChI is InChI=1S/C27H22O8/c1-31-20-13-22(33-3)21(32-2)10-15(20)11-23-26(30)17-8-9-19-25(27(17)35-23)18(12-24(29)34-19)14-4-6-16(28)7-5-14/h4-11,13,18,28H,12H2,1-3H3/b23-11-. The fraction of sp³-hybridized carbons (Fsp3) is 0.185. The fourth-order valence-electron chi connectivity index (χ4n) is 4.40. The van der Waals surface area contributed by atoms with Crippen LogP contribution >= 0.6 is 0 Å². The Morgan fingerprint density at radius 3 is 2.26 bits per heavy atom. The van der Waals surface area contributed by atoms with Crippen molar-refractivity contribution >= 4 is 17.8 Å². The van der Waals surface area contributed by atoms with E-state index in [0.29, 0.717) is 45.4 Å². The average Bonchev–Trinajstić information content (AvgIpc) is 3.18. The Hall–Kier alpha value is -4.46. The van der Waals surface area contributed by atoms with E-state index in [1.54, 1.807) is 54.6 Å². The molecule has 0 bridgehead atoms. The van der Waals surface area contributed by atoms with E-state index in [0.717, 1.165) is 5.56 Å². The molecular weight excluding hydrogens is 452 g/mol. The largest absolute Gasteiger partial charge is 0.508 e. The van der Waals surface area contributed by atoms with Crippen molar-refractivity contribution in [1.82, 2.24) is 0 Å². The lowest BCUT2D eigenvalue weighted by Gasteiger charge is -2.26. The summed E-state index contributed by atoms with van der Waals surface area (Å²) in [5, 5.41) is 9.68. The fourth-order valence-corrected chi connectivity index (χ4v) is 4.40. The van der Waals surface area contributed by atoms with E-state index >= 15 is 0 Å². The van der Waals surface area contributed by atoms with Gasteiger partial charge in [0.15, 0.2) is 17.3 Å². The Bertz CT molecular complexity index is 1370. The molecule has 0 aromatic heterocycles. The lowest BCUT2D eigenvalue weighted by molar-refractivity contribution is -0.135. The highest BCUT2D eigenvalue weighted by Gasteiger charge is 2.38. The van der Waals surface area contributed by atoms with Gasteiger partial charge in [-0.2, -0.15) is 0 Å². The Morgan fingerprint density at radius 1 is 0.886 bits per heavy atom. The Balaban J connectivity index is 1.60. The SMILES string of the molecule is COc1cc(OC)c(OC)cc1/C=C1\Oc2c(ccc3c2C(c2ccc(O)cc2)CC(=O)O3)C1=O. The van der Waals surface area contributed by atoms with Crippen LogP contribution in [0.15, 0.2) is 54.3 Å². The third-order valence-corrected chi connectivity index (χ3v) is 6.10. The number of hydrogen-bond donors (Lipinski definition) is 1. The maximum Gasteiger partial charge on any atom is 0.312 e. The molecule has 0 radical (unpaired) electrons. The van der Waals surface area contributed by atoms with Crippen molar-refractivity contribution in [2.75, 3.05) is 21.3 Å². The predicted molar refractivity (Wildman–Crippen MR) is 126 cm³/mol. The van der Waals surface area contributed by atoms with Gasteiger partial charge in [0.2, 0.25) is 5.78 Å². The summed E-state index contributed by atoms with van der Waals surface area (Å²) >= 11 is 0. The van der Waals surface area contributed by atoms with E-state index in [-0.39, 0.29) is 29.7 Å². The van der Waals surface area contributed by atoms with Gasteiger partial charge < -0.3 is 28.8 Å². The molecule has 178 valence electrons. The number of phenols is 1. The number of phenolic OH excluding ortho intramolecular Hbond substituents is 1. The average molecular weight is 474 g/mol. The van der Waals surface area contributed by atoms with Crippen LogP contribution in [-0.2, 0) is 4.79 Å². The number of esters is 1. The number of ketones is 1. The number of fused-ring (bicyclic) bond motifs is 3. The summed E-state index contributed by atoms with van der Waals surface area (Å²) in [6, 6.07) is 13.2. The first-order valence-electron chi connectivity index (χ1n) is 10.8. The van der Waals surface area contributed by atoms with Crippen molar-refractivity contribution in [3.63, 3.8) is 0 Å². The molecule has 5 rings (SSSR count). The maximum atomic E-state index is 13.3. The van der Waals surface area contributed by atoms with Crippen LogP contribution in [0.5, 0.6) is 34.5 Å². The van der Waals surface area contributed by atoms with Gasteiger partial charge in [0.25, 0.3) is 0 Å². The first kappa shape index (κ1) is 22.3. The topological polar surface area (TPSA) is 101 Å². The smallest absolute Gasteiger partial charge is 0.312 e. The Kier molecular flexibility index (Phi) is 5.56. The highest BCUT2D eigenvalue weighted by molar-refractivity contribution is 6.15. The third kappa shape index (κ3) is 3.82. The second kappa shape index (κ2) is 8.72. The molecule has 8 nitrogen and oxygen atoms in total. The van der Waals surface area contributed by atoms with E-state index in [9.17, 15) is 14.7 Å². The van der Waals surface area contributed by atoms with Crippen LogP contribution in [0.1, 0.15) is 39.4 Å². The number of ether oxygens (including phenoxy) is 5. The summed E-state index contributed by atoms with van der Waals surface area (Å²) in [5.74, 6) is 1.25. The van der Waals surface area contributed by atoms with Gasteiger partial charge in [-0.1, -0.05) is 12.1 Å². The molecule has 0 amide bonds. The zero-order chi connectivity index (χ0) is 24.7. The molecule has 2 aliphatic rings. The summed E-state index contributed by atoms with van der Waals surface area (Å²) in [4.78, 5) is 25.6. The molecule has 1 unspecified atom stereocenters. The minimum absolute atomic E-state index is 0.0777. The summed E-state index contributed by atoms with van der Waals surface area (Å²) in [6.45, 7) is 0. The highest BCUT2D eigenvalue weighted by atomic mass is 16.5. The molecule has 0 saturated carbocycles. The molecule has 1 N–H and O–H groups in total. The van der Waals surface area contributed by atoms with Gasteiger partial charge in [-0.15, -0.1) is 0 Å². The number of methoxy groups -OCH3 is 3. The molecule has 0 spiro atoms. The molecule has 1 atom stereocenters. The molecule has 2 aliphatic heterocycles. The van der Waals surface area contributed by atoms with Crippen molar-refractivity contribution in [2.24, 2.45) is 0 Å². The van der Waals surface area contributed by atoms with Crippen molar-refractivity contribution in [3.8, 4) is 34.5 Å². The number of carbonyl (C=O) groups is 2. The Morgan fingerprint density at radius 2 is 1.57 bits per heavy atom. The monoisotopic (exact) mass is 474 g/mol. The van der Waals surface area contributed by atoms with Gasteiger partial charge in [0.05, 0.1) is 33.3 Å². The van der Waals surface area contributed by atoms with Crippen LogP contribution in [0, 0.1) is 0 Å². The maximum absolute atomic E-state index is 13.3. The van der Waals surface area contributed by atoms with E-state index < -0.39 is 5.92 Å². The lowest BCUT2D eigenvalue weighted by Crippen LogP contribution is -2.21. The minimum Gasteiger partial charge on any atom is -0.508 e. The van der Waals surface area contributed by atoms with Crippen molar-refractivity contribution < 1.29 is 38.4 Å². The molecular formula is C27H22O8. The van der Waals surface area contributed by atoms with Gasteiger partial charge in [0.1, 0.15) is 23.0 Å². The first-order chi connectivity index (χ1) is 16.9. The molecule has 8 heteroatoms. The number of Topliss-reactive ketones (excluding diaryl/α,β-unsaturated/α-hetero) is 1. The van der Waals surface area contributed by atoms with Crippen LogP contribution in [0.2, 0.25) is 0 Å². The van der Waals surface area contributed by atoms with Gasteiger partial charge in [0, 0.05) is 23.1 Å². The van der Waals surface area contributed by atoms with E-state index in [1.807, 2.05) is 0 Å². The van der Waals surface area contributed by atoms with Gasteiger partial charge in [-0.3, -0.25) is 9.59 Å². The Labute approximate surface area is 201 Å². The molecule has 3 aromatic carbocycles. The summed E-state index contributed by atoms with van der Waals surface area (Å²) < 4.78 is 27.8. The predicted octanol–water partition coefficient (Wildman–Crippen LogP) is 4.48. The minimum atomic E-state index is -0.399. The van der Waals surface area contributed by atoms with Gasteiger partial charge in [-0.25, -0.2) is 0 Å². The first-order valence-corrected chi connectivity index (χ1v) is 10.8. The normalized spacial score (nSPS) is 17.3. The lowest BCUT2D eigenvalue weighted by atomic mass is 9.84. The second-order valence-corrected chi connectivity index (χ2v) is 8.07. The molecule has 0 saturated heterocycles. The molecule has 0 fully saturated rings. The summed E-state index contributed by atoms with van der Waals surface area (Å²) in [6.07, 6.45) is 1.66. The van der Waals surface area contributed by atoms with Gasteiger partial charge in [-0.05, 0) is 42.0 Å².